The van der Waals surface area contributed by atoms with E-state index in [1.807, 2.05) is 0 Å². The first-order valence-corrected chi connectivity index (χ1v) is 8.31. The largest absolute Gasteiger partial charge is 0.382 e. The number of hydrogen-bond donors (Lipinski definition) is 2. The second kappa shape index (κ2) is 7.01. The van der Waals surface area contributed by atoms with Crippen molar-refractivity contribution in [2.24, 2.45) is 0 Å². The number of thiazole rings is 1. The van der Waals surface area contributed by atoms with Crippen LogP contribution in [0.1, 0.15) is 32.5 Å². The van der Waals surface area contributed by atoms with Gasteiger partial charge in [-0.1, -0.05) is 29.5 Å². The van der Waals surface area contributed by atoms with E-state index >= 15 is 0 Å². The Bertz CT molecular complexity index is 997. The fourth-order valence-electron chi connectivity index (χ4n) is 2.32. The van der Waals surface area contributed by atoms with Crippen LogP contribution in [0.25, 0.3) is 0 Å². The maximum atomic E-state index is 13.8. The van der Waals surface area contributed by atoms with Gasteiger partial charge in [0.05, 0.1) is 5.56 Å². The molecule has 8 heteroatoms. The van der Waals surface area contributed by atoms with E-state index in [4.69, 9.17) is 5.73 Å². The van der Waals surface area contributed by atoms with Crippen molar-refractivity contribution in [1.82, 2.24) is 4.98 Å². The maximum absolute atomic E-state index is 13.8. The average molecular weight is 373 g/mol. The van der Waals surface area contributed by atoms with Gasteiger partial charge in [-0.3, -0.25) is 9.59 Å². The summed E-state index contributed by atoms with van der Waals surface area (Å²) in [6.07, 6.45) is 0. The summed E-state index contributed by atoms with van der Waals surface area (Å²) in [5.41, 5.74) is 6.15. The molecule has 0 fully saturated rings. The van der Waals surface area contributed by atoms with Crippen molar-refractivity contribution in [2.75, 3.05) is 11.1 Å². The zero-order valence-electron chi connectivity index (χ0n) is 13.5. The summed E-state index contributed by atoms with van der Waals surface area (Å²) in [5, 5.41) is 3.20. The lowest BCUT2D eigenvalue weighted by Gasteiger charge is -2.04. The van der Waals surface area contributed by atoms with Gasteiger partial charge < -0.3 is 11.1 Å². The SMILES string of the molecule is CC(=O)c1cccc(Nc2nc(N)c(C(=O)c3c(F)cccc3F)s2)c1. The number of nitrogens with two attached hydrogens (primary N) is 1. The predicted octanol–water partition coefficient (Wildman–Crippen LogP) is 4.18. The number of nitrogen functional groups attached to an aromatic ring is 1. The number of hydrogen-bond acceptors (Lipinski definition) is 6. The molecular weight excluding hydrogens is 360 g/mol. The summed E-state index contributed by atoms with van der Waals surface area (Å²) in [5.74, 6) is -3.04. The van der Waals surface area contributed by atoms with Crippen LogP contribution in [-0.2, 0) is 0 Å². The quantitative estimate of drug-likeness (QED) is 0.656. The summed E-state index contributed by atoms with van der Waals surface area (Å²) >= 11 is 0.874. The standard InChI is InChI=1S/C18H13F2N3O2S/c1-9(24)10-4-2-5-11(8-10)22-18-23-17(21)16(26-18)15(25)14-12(19)6-3-7-13(14)20/h2-8H,21H2,1H3,(H,22,23). The molecule has 0 radical (unpaired) electrons. The summed E-state index contributed by atoms with van der Waals surface area (Å²) in [7, 11) is 0. The van der Waals surface area contributed by atoms with E-state index in [9.17, 15) is 18.4 Å². The summed E-state index contributed by atoms with van der Waals surface area (Å²) in [6, 6.07) is 9.86. The molecule has 0 unspecified atom stereocenters. The van der Waals surface area contributed by atoms with Gasteiger partial charge in [0.25, 0.3) is 0 Å². The van der Waals surface area contributed by atoms with Crippen molar-refractivity contribution in [3.8, 4) is 0 Å². The molecule has 0 saturated heterocycles. The molecule has 0 amide bonds. The highest BCUT2D eigenvalue weighted by Gasteiger charge is 2.24. The third-order valence-corrected chi connectivity index (χ3v) is 4.56. The number of ketones is 2. The lowest BCUT2D eigenvalue weighted by atomic mass is 10.1. The minimum Gasteiger partial charge on any atom is -0.382 e. The molecule has 0 aliphatic carbocycles. The van der Waals surface area contributed by atoms with Gasteiger partial charge in [-0.05, 0) is 31.2 Å². The number of rotatable bonds is 5. The van der Waals surface area contributed by atoms with Crippen molar-refractivity contribution < 1.29 is 18.4 Å². The van der Waals surface area contributed by atoms with Crippen LogP contribution in [0.5, 0.6) is 0 Å². The molecule has 3 rings (SSSR count). The van der Waals surface area contributed by atoms with Crippen molar-refractivity contribution in [2.45, 2.75) is 6.92 Å². The number of anilines is 3. The molecule has 26 heavy (non-hydrogen) atoms. The van der Waals surface area contributed by atoms with Crippen LogP contribution < -0.4 is 11.1 Å². The fourth-order valence-corrected chi connectivity index (χ4v) is 3.17. The third kappa shape index (κ3) is 3.45. The number of Topliss-reactive ketones (excluding diaryl/α,β-unsaturated/α-hetero) is 1. The first-order chi connectivity index (χ1) is 12.4. The van der Waals surface area contributed by atoms with E-state index in [0.717, 1.165) is 23.5 Å². The molecule has 5 nitrogen and oxygen atoms in total. The molecule has 2 aromatic carbocycles. The Balaban J connectivity index is 1.91. The smallest absolute Gasteiger partial charge is 0.212 e. The van der Waals surface area contributed by atoms with E-state index in [1.165, 1.54) is 13.0 Å². The molecule has 0 bridgehead atoms. The minimum atomic E-state index is -0.966. The second-order valence-corrected chi connectivity index (χ2v) is 6.42. The van der Waals surface area contributed by atoms with E-state index < -0.39 is 23.0 Å². The second-order valence-electron chi connectivity index (χ2n) is 5.42. The normalized spacial score (nSPS) is 10.6. The van der Waals surface area contributed by atoms with Crippen molar-refractivity contribution in [1.29, 1.82) is 0 Å². The minimum absolute atomic E-state index is 0.0702. The highest BCUT2D eigenvalue weighted by atomic mass is 32.1. The average Bonchev–Trinajstić information content (AvgIpc) is 2.95. The molecule has 0 spiro atoms. The molecule has 3 N–H and O–H groups in total. The van der Waals surface area contributed by atoms with Crippen molar-refractivity contribution in [3.05, 3.63) is 70.1 Å². The molecule has 1 heterocycles. The van der Waals surface area contributed by atoms with E-state index in [1.54, 1.807) is 24.3 Å². The van der Waals surface area contributed by atoms with Gasteiger partial charge in [0.1, 0.15) is 22.3 Å². The van der Waals surface area contributed by atoms with E-state index in [-0.39, 0.29) is 21.6 Å². The number of nitrogens with zero attached hydrogens (tertiary/aromatic N) is 1. The lowest BCUT2D eigenvalue weighted by Crippen LogP contribution is -2.07. The zero-order chi connectivity index (χ0) is 18.8. The van der Waals surface area contributed by atoms with Crippen LogP contribution in [0.2, 0.25) is 0 Å². The number of carbonyl (C=O) groups is 2. The van der Waals surface area contributed by atoms with E-state index in [2.05, 4.69) is 10.3 Å². The molecule has 132 valence electrons. The van der Waals surface area contributed by atoms with Crippen LogP contribution in [0.4, 0.5) is 25.4 Å². The van der Waals surface area contributed by atoms with Crippen LogP contribution in [0.15, 0.2) is 42.5 Å². The Morgan fingerprint density at radius 2 is 1.77 bits per heavy atom. The van der Waals surface area contributed by atoms with Gasteiger partial charge in [0.15, 0.2) is 10.9 Å². The van der Waals surface area contributed by atoms with E-state index in [0.29, 0.717) is 11.3 Å². The number of carbonyl (C=O) groups excluding carboxylic acids is 2. The Hall–Kier alpha value is -3.13. The lowest BCUT2D eigenvalue weighted by molar-refractivity contribution is 0.101. The maximum Gasteiger partial charge on any atom is 0.212 e. The number of nitrogens with one attached hydrogen (secondary N) is 1. The Morgan fingerprint density at radius 1 is 1.12 bits per heavy atom. The molecule has 3 aromatic rings. The highest BCUT2D eigenvalue weighted by Crippen LogP contribution is 2.31. The molecular formula is C18H13F2N3O2S. The Kier molecular flexibility index (Phi) is 4.77. The molecule has 0 saturated carbocycles. The molecule has 0 atom stereocenters. The van der Waals surface area contributed by atoms with Gasteiger partial charge in [0, 0.05) is 11.3 Å². The summed E-state index contributed by atoms with van der Waals surface area (Å²) in [6.45, 7) is 1.44. The summed E-state index contributed by atoms with van der Waals surface area (Å²) in [4.78, 5) is 27.8. The first kappa shape index (κ1) is 17.7. The summed E-state index contributed by atoms with van der Waals surface area (Å²) < 4.78 is 27.7. The Labute approximate surface area is 151 Å². The predicted molar refractivity (Wildman–Crippen MR) is 96.0 cm³/mol. The Morgan fingerprint density at radius 3 is 2.42 bits per heavy atom. The molecule has 1 aromatic heterocycles. The van der Waals surface area contributed by atoms with Gasteiger partial charge in [-0.2, -0.15) is 0 Å². The van der Waals surface area contributed by atoms with Gasteiger partial charge in [0.2, 0.25) is 5.78 Å². The first-order valence-electron chi connectivity index (χ1n) is 7.50. The third-order valence-electron chi connectivity index (χ3n) is 3.57. The topological polar surface area (TPSA) is 85.1 Å². The monoisotopic (exact) mass is 373 g/mol. The van der Waals surface area contributed by atoms with Crippen molar-refractivity contribution in [3.63, 3.8) is 0 Å². The van der Waals surface area contributed by atoms with Crippen LogP contribution in [-0.4, -0.2) is 16.6 Å². The zero-order valence-corrected chi connectivity index (χ0v) is 14.4. The number of aromatic nitrogens is 1. The number of benzene rings is 2. The van der Waals surface area contributed by atoms with Crippen LogP contribution >= 0.6 is 11.3 Å². The highest BCUT2D eigenvalue weighted by molar-refractivity contribution is 7.18. The molecule has 0 aliphatic heterocycles. The van der Waals surface area contributed by atoms with Gasteiger partial charge in [-0.15, -0.1) is 0 Å². The fraction of sp³-hybridized carbons (Fsp3) is 0.0556. The van der Waals surface area contributed by atoms with Gasteiger partial charge >= 0.3 is 0 Å². The van der Waals surface area contributed by atoms with Crippen molar-refractivity contribution >= 4 is 39.5 Å². The number of halogens is 2. The van der Waals surface area contributed by atoms with Crippen LogP contribution in [0.3, 0.4) is 0 Å². The van der Waals surface area contributed by atoms with Crippen LogP contribution in [0, 0.1) is 11.6 Å². The molecule has 0 aliphatic rings. The van der Waals surface area contributed by atoms with Gasteiger partial charge in [-0.25, -0.2) is 13.8 Å².